The molecular weight excluding hydrogens is 245 g/mol. The number of likely N-dealkylation sites (tertiary alicyclic amines) is 1. The molecule has 1 aliphatic heterocycles. The zero-order valence-corrected chi connectivity index (χ0v) is 10.7. The lowest BCUT2D eigenvalue weighted by atomic mass is 9.96. The van der Waals surface area contributed by atoms with Crippen molar-refractivity contribution in [1.82, 2.24) is 4.90 Å². The molecule has 2 unspecified atom stereocenters. The molecule has 0 aromatic rings. The molecule has 0 bridgehead atoms. The largest absolute Gasteiger partial charge is 0.410 e. The first-order valence-corrected chi connectivity index (χ1v) is 6.46. The topological polar surface area (TPSA) is 46.3 Å². The minimum absolute atomic E-state index is 0.172. The fraction of sp³-hybridized carbons (Fsp3) is 0.917. The number of carbonyl (C=O) groups is 1. The molecule has 2 N–H and O–H groups in total. The Hall–Kier alpha value is -0.780. The quantitative estimate of drug-likeness (QED) is 0.848. The van der Waals surface area contributed by atoms with Crippen LogP contribution in [0, 0.1) is 5.92 Å². The van der Waals surface area contributed by atoms with Gasteiger partial charge in [-0.2, -0.15) is 13.2 Å². The molecule has 18 heavy (non-hydrogen) atoms. The van der Waals surface area contributed by atoms with Gasteiger partial charge in [0.25, 0.3) is 0 Å². The standard InChI is InChI=1S/C12H21F3N2O/c1-2-3-9-4-5-11(18)17(7-6-9)10(8-16)12(13,14)15/h9-10H,2-8,16H2,1H3. The molecule has 0 aromatic heterocycles. The van der Waals surface area contributed by atoms with E-state index < -0.39 is 24.7 Å². The fourth-order valence-electron chi connectivity index (χ4n) is 2.53. The minimum atomic E-state index is -4.44. The van der Waals surface area contributed by atoms with E-state index in [1.165, 1.54) is 0 Å². The van der Waals surface area contributed by atoms with Gasteiger partial charge in [0.05, 0.1) is 0 Å². The fourth-order valence-corrected chi connectivity index (χ4v) is 2.53. The highest BCUT2D eigenvalue weighted by Gasteiger charge is 2.44. The summed E-state index contributed by atoms with van der Waals surface area (Å²) >= 11 is 0. The van der Waals surface area contributed by atoms with Crippen molar-refractivity contribution in [1.29, 1.82) is 0 Å². The minimum Gasteiger partial charge on any atom is -0.329 e. The Morgan fingerprint density at radius 3 is 2.61 bits per heavy atom. The number of carbonyl (C=O) groups excluding carboxylic acids is 1. The number of hydrogen-bond donors (Lipinski definition) is 1. The molecule has 106 valence electrons. The molecule has 2 atom stereocenters. The summed E-state index contributed by atoms with van der Waals surface area (Å²) in [5.41, 5.74) is 5.18. The highest BCUT2D eigenvalue weighted by atomic mass is 19.4. The maximum Gasteiger partial charge on any atom is 0.410 e. The van der Waals surface area contributed by atoms with Gasteiger partial charge in [0.2, 0.25) is 5.91 Å². The van der Waals surface area contributed by atoms with Crippen molar-refractivity contribution in [3.63, 3.8) is 0 Å². The predicted octanol–water partition coefficient (Wildman–Crippen LogP) is 2.30. The van der Waals surface area contributed by atoms with E-state index in [4.69, 9.17) is 5.73 Å². The summed E-state index contributed by atoms with van der Waals surface area (Å²) in [4.78, 5) is 12.7. The van der Waals surface area contributed by atoms with Crippen molar-refractivity contribution in [3.8, 4) is 0 Å². The third-order valence-corrected chi connectivity index (χ3v) is 3.54. The SMILES string of the molecule is CCCC1CCC(=O)N(C(CN)C(F)(F)F)CC1. The van der Waals surface area contributed by atoms with E-state index in [0.717, 1.165) is 17.7 Å². The van der Waals surface area contributed by atoms with E-state index in [-0.39, 0.29) is 13.0 Å². The molecule has 1 rings (SSSR count). The maximum atomic E-state index is 12.8. The Bertz CT molecular complexity index is 281. The lowest BCUT2D eigenvalue weighted by molar-refractivity contribution is -0.187. The molecule has 3 nitrogen and oxygen atoms in total. The van der Waals surface area contributed by atoms with Crippen LogP contribution in [0.25, 0.3) is 0 Å². The van der Waals surface area contributed by atoms with Gasteiger partial charge < -0.3 is 10.6 Å². The van der Waals surface area contributed by atoms with Crippen LogP contribution in [0.4, 0.5) is 13.2 Å². The van der Waals surface area contributed by atoms with Gasteiger partial charge in [-0.05, 0) is 18.8 Å². The van der Waals surface area contributed by atoms with Gasteiger partial charge in [-0.3, -0.25) is 4.79 Å². The Labute approximate surface area is 106 Å². The third kappa shape index (κ3) is 3.86. The molecule has 6 heteroatoms. The second-order valence-corrected chi connectivity index (χ2v) is 4.86. The van der Waals surface area contributed by atoms with Crippen LogP contribution in [0.2, 0.25) is 0 Å². The van der Waals surface area contributed by atoms with Crippen molar-refractivity contribution >= 4 is 5.91 Å². The Kier molecular flexibility index (Phi) is 5.44. The van der Waals surface area contributed by atoms with E-state index in [9.17, 15) is 18.0 Å². The van der Waals surface area contributed by atoms with Crippen LogP contribution < -0.4 is 5.73 Å². The summed E-state index contributed by atoms with van der Waals surface area (Å²) in [6.45, 7) is 1.65. The Morgan fingerprint density at radius 2 is 2.11 bits per heavy atom. The van der Waals surface area contributed by atoms with Crippen LogP contribution in [-0.4, -0.2) is 36.1 Å². The molecule has 1 saturated heterocycles. The summed E-state index contributed by atoms with van der Waals surface area (Å²) in [6, 6.07) is -1.83. The van der Waals surface area contributed by atoms with Crippen LogP contribution in [0.5, 0.6) is 0 Å². The summed E-state index contributed by atoms with van der Waals surface area (Å²) < 4.78 is 38.3. The lowest BCUT2D eigenvalue weighted by Crippen LogP contribution is -2.52. The maximum absolute atomic E-state index is 12.8. The van der Waals surface area contributed by atoms with E-state index in [2.05, 4.69) is 0 Å². The van der Waals surface area contributed by atoms with Crippen LogP contribution in [0.1, 0.15) is 39.0 Å². The summed E-state index contributed by atoms with van der Waals surface area (Å²) in [7, 11) is 0. The first-order valence-electron chi connectivity index (χ1n) is 6.46. The van der Waals surface area contributed by atoms with Crippen LogP contribution >= 0.6 is 0 Å². The first kappa shape index (κ1) is 15.3. The van der Waals surface area contributed by atoms with Crippen molar-refractivity contribution in [3.05, 3.63) is 0 Å². The first-order chi connectivity index (χ1) is 8.40. The zero-order chi connectivity index (χ0) is 13.8. The van der Waals surface area contributed by atoms with Gasteiger partial charge in [-0.15, -0.1) is 0 Å². The molecule has 1 amide bonds. The monoisotopic (exact) mass is 266 g/mol. The number of rotatable bonds is 4. The van der Waals surface area contributed by atoms with Gasteiger partial charge >= 0.3 is 6.18 Å². The van der Waals surface area contributed by atoms with Gasteiger partial charge in [0, 0.05) is 19.5 Å². The molecule has 1 aliphatic rings. The zero-order valence-electron chi connectivity index (χ0n) is 10.7. The van der Waals surface area contributed by atoms with Gasteiger partial charge in [0.1, 0.15) is 6.04 Å². The molecule has 0 spiro atoms. The van der Waals surface area contributed by atoms with Gasteiger partial charge in [-0.1, -0.05) is 19.8 Å². The summed E-state index contributed by atoms with van der Waals surface area (Å²) in [5.74, 6) is -0.0583. The Balaban J connectivity index is 2.73. The van der Waals surface area contributed by atoms with Crippen molar-refractivity contribution < 1.29 is 18.0 Å². The van der Waals surface area contributed by atoms with Gasteiger partial charge in [0.15, 0.2) is 0 Å². The Morgan fingerprint density at radius 1 is 1.44 bits per heavy atom. The second-order valence-electron chi connectivity index (χ2n) is 4.86. The third-order valence-electron chi connectivity index (χ3n) is 3.54. The average Bonchev–Trinajstić information content (AvgIpc) is 2.44. The molecule has 0 aliphatic carbocycles. The van der Waals surface area contributed by atoms with E-state index in [0.29, 0.717) is 18.8 Å². The van der Waals surface area contributed by atoms with E-state index in [1.54, 1.807) is 0 Å². The molecule has 1 fully saturated rings. The number of nitrogens with two attached hydrogens (primary N) is 1. The number of nitrogens with zero attached hydrogens (tertiary/aromatic N) is 1. The number of hydrogen-bond acceptors (Lipinski definition) is 2. The normalized spacial score (nSPS) is 23.9. The number of amides is 1. The van der Waals surface area contributed by atoms with Gasteiger partial charge in [-0.25, -0.2) is 0 Å². The van der Waals surface area contributed by atoms with E-state index in [1.807, 2.05) is 6.92 Å². The van der Waals surface area contributed by atoms with Crippen LogP contribution in [0.3, 0.4) is 0 Å². The van der Waals surface area contributed by atoms with Crippen molar-refractivity contribution in [2.45, 2.75) is 51.2 Å². The molecule has 1 heterocycles. The van der Waals surface area contributed by atoms with Crippen molar-refractivity contribution in [2.24, 2.45) is 11.7 Å². The smallest absolute Gasteiger partial charge is 0.329 e. The van der Waals surface area contributed by atoms with Crippen LogP contribution in [-0.2, 0) is 4.79 Å². The summed E-state index contributed by atoms with van der Waals surface area (Å²) in [6.07, 6.45) is -0.921. The number of alkyl halides is 3. The highest BCUT2D eigenvalue weighted by molar-refractivity contribution is 5.77. The summed E-state index contributed by atoms with van der Waals surface area (Å²) in [5, 5.41) is 0. The second kappa shape index (κ2) is 6.41. The molecular formula is C12H21F3N2O. The molecule has 0 radical (unpaired) electrons. The van der Waals surface area contributed by atoms with Crippen LogP contribution in [0.15, 0.2) is 0 Å². The van der Waals surface area contributed by atoms with Crippen molar-refractivity contribution in [2.75, 3.05) is 13.1 Å². The highest BCUT2D eigenvalue weighted by Crippen LogP contribution is 2.29. The molecule has 0 aromatic carbocycles. The van der Waals surface area contributed by atoms with E-state index >= 15 is 0 Å². The average molecular weight is 266 g/mol. The predicted molar refractivity (Wildman–Crippen MR) is 62.9 cm³/mol. The number of halogens is 3. The molecule has 0 saturated carbocycles. The lowest BCUT2D eigenvalue weighted by Gasteiger charge is -2.31.